The second-order valence-electron chi connectivity index (χ2n) is 3.84. The lowest BCUT2D eigenvalue weighted by atomic mass is 10.3. The third-order valence-electron chi connectivity index (χ3n) is 2.62. The minimum Gasteiger partial charge on any atom is -0.356 e. The van der Waals surface area contributed by atoms with Crippen LogP contribution in [-0.4, -0.2) is 55.5 Å². The molecule has 0 radical (unpaired) electrons. The molecule has 0 atom stereocenters. The molecule has 0 aromatic heterocycles. The lowest BCUT2D eigenvalue weighted by Gasteiger charge is -2.19. The summed E-state index contributed by atoms with van der Waals surface area (Å²) in [5.41, 5.74) is 1.90. The molecule has 0 unspecified atom stereocenters. The molecule has 3 N–H and O–H groups in total. The van der Waals surface area contributed by atoms with E-state index in [1.807, 2.05) is 5.59 Å². The Morgan fingerprint density at radius 2 is 2.20 bits per heavy atom. The Bertz CT molecular complexity index is 201. The summed E-state index contributed by atoms with van der Waals surface area (Å²) < 4.78 is 0. The van der Waals surface area contributed by atoms with Crippen LogP contribution in [-0.2, 0) is 9.63 Å². The Morgan fingerprint density at radius 3 is 2.93 bits per heavy atom. The number of nitrogens with zero attached hydrogens (tertiary/aromatic N) is 2. The van der Waals surface area contributed by atoms with Crippen LogP contribution in [0.3, 0.4) is 0 Å². The van der Waals surface area contributed by atoms with Gasteiger partial charge in [0, 0.05) is 19.6 Å². The number of nitrogens with one attached hydrogen (secondary N) is 1. The minimum absolute atomic E-state index is 0.310. The van der Waals surface area contributed by atoms with Crippen molar-refractivity contribution in [1.82, 2.24) is 15.4 Å². The normalized spacial score (nSPS) is 19.9. The van der Waals surface area contributed by atoms with Crippen LogP contribution in [0.4, 0.5) is 0 Å². The first-order chi connectivity index (χ1) is 7.22. The number of nitrogens with two attached hydrogens (primary N) is 1. The molecule has 88 valence electrons. The summed E-state index contributed by atoms with van der Waals surface area (Å²) in [6, 6.07) is 0. The van der Waals surface area contributed by atoms with Gasteiger partial charge in [0.25, 0.3) is 0 Å². The van der Waals surface area contributed by atoms with Gasteiger partial charge in [-0.1, -0.05) is 5.59 Å². The van der Waals surface area contributed by atoms with Gasteiger partial charge in [0.2, 0.25) is 0 Å². The van der Waals surface area contributed by atoms with Gasteiger partial charge in [0.15, 0.2) is 0 Å². The number of carbonyl (C=O) groups excluding carboxylic acids is 1. The van der Waals surface area contributed by atoms with Gasteiger partial charge in [-0.05, 0) is 26.6 Å². The van der Waals surface area contributed by atoms with Crippen LogP contribution in [0.1, 0.15) is 12.8 Å². The molecule has 0 amide bonds. The van der Waals surface area contributed by atoms with Crippen LogP contribution >= 0.6 is 0 Å². The summed E-state index contributed by atoms with van der Waals surface area (Å²) in [6.07, 6.45) is 1.54. The Balaban J connectivity index is 2.17. The highest BCUT2D eigenvalue weighted by molar-refractivity contribution is 5.69. The van der Waals surface area contributed by atoms with E-state index in [4.69, 9.17) is 5.84 Å². The number of carbonyl (C=O) groups is 1. The highest BCUT2D eigenvalue weighted by atomic mass is 16.7. The molecule has 0 saturated carbocycles. The molecular formula is C9H20N4O2. The van der Waals surface area contributed by atoms with Crippen LogP contribution in [0.15, 0.2) is 0 Å². The van der Waals surface area contributed by atoms with Crippen LogP contribution < -0.4 is 11.4 Å². The van der Waals surface area contributed by atoms with Crippen molar-refractivity contribution in [3.8, 4) is 0 Å². The molecule has 1 fully saturated rings. The Labute approximate surface area is 90.3 Å². The summed E-state index contributed by atoms with van der Waals surface area (Å²) in [6.45, 7) is 5.00. The SMILES string of the molecule is CN1CCCN(CCC(=O)ONN)CC1. The van der Waals surface area contributed by atoms with E-state index < -0.39 is 0 Å². The zero-order valence-electron chi connectivity index (χ0n) is 9.24. The van der Waals surface area contributed by atoms with Crippen LogP contribution in [0.5, 0.6) is 0 Å². The van der Waals surface area contributed by atoms with E-state index in [2.05, 4.69) is 21.7 Å². The number of likely N-dealkylation sites (N-methyl/N-ethyl adjacent to an activating group) is 1. The summed E-state index contributed by atoms with van der Waals surface area (Å²) in [5.74, 6) is 4.56. The predicted molar refractivity (Wildman–Crippen MR) is 56.6 cm³/mol. The van der Waals surface area contributed by atoms with E-state index in [0.717, 1.165) is 39.1 Å². The second-order valence-corrected chi connectivity index (χ2v) is 3.84. The molecule has 0 aromatic rings. The van der Waals surface area contributed by atoms with E-state index in [1.165, 1.54) is 0 Å². The predicted octanol–water partition coefficient (Wildman–Crippen LogP) is -1.06. The summed E-state index contributed by atoms with van der Waals surface area (Å²) >= 11 is 0. The molecule has 6 nitrogen and oxygen atoms in total. The molecule has 0 aromatic carbocycles. The first-order valence-corrected chi connectivity index (χ1v) is 5.28. The van der Waals surface area contributed by atoms with Crippen LogP contribution in [0, 0.1) is 0 Å². The molecule has 0 aliphatic carbocycles. The van der Waals surface area contributed by atoms with E-state index in [0.29, 0.717) is 6.42 Å². The molecule has 0 bridgehead atoms. The molecule has 1 rings (SSSR count). The maximum absolute atomic E-state index is 11.0. The Kier molecular flexibility index (Phi) is 5.56. The van der Waals surface area contributed by atoms with Crippen LogP contribution in [0.25, 0.3) is 0 Å². The van der Waals surface area contributed by atoms with Gasteiger partial charge in [-0.25, -0.2) is 5.84 Å². The van der Waals surface area contributed by atoms with Gasteiger partial charge in [0.1, 0.15) is 0 Å². The fraction of sp³-hybridized carbons (Fsp3) is 0.889. The third-order valence-corrected chi connectivity index (χ3v) is 2.62. The molecule has 15 heavy (non-hydrogen) atoms. The summed E-state index contributed by atoms with van der Waals surface area (Å²) in [4.78, 5) is 20.1. The smallest absolute Gasteiger partial charge is 0.327 e. The van der Waals surface area contributed by atoms with Gasteiger partial charge in [0.05, 0.1) is 6.42 Å². The highest BCUT2D eigenvalue weighted by Crippen LogP contribution is 2.01. The van der Waals surface area contributed by atoms with Crippen molar-refractivity contribution in [1.29, 1.82) is 0 Å². The molecule has 6 heteroatoms. The number of rotatable bonds is 4. The maximum Gasteiger partial charge on any atom is 0.327 e. The fourth-order valence-electron chi connectivity index (χ4n) is 1.69. The average Bonchev–Trinajstić information content (AvgIpc) is 2.41. The van der Waals surface area contributed by atoms with Crippen LogP contribution in [0.2, 0.25) is 0 Å². The maximum atomic E-state index is 11.0. The quantitative estimate of drug-likeness (QED) is 0.461. The van der Waals surface area contributed by atoms with Crippen molar-refractivity contribution in [3.05, 3.63) is 0 Å². The minimum atomic E-state index is -0.310. The van der Waals surface area contributed by atoms with Gasteiger partial charge >= 0.3 is 5.97 Å². The number of hydrazine groups is 1. The summed E-state index contributed by atoms with van der Waals surface area (Å²) in [7, 11) is 2.12. The number of hydrogen-bond acceptors (Lipinski definition) is 6. The van der Waals surface area contributed by atoms with Gasteiger partial charge in [-0.3, -0.25) is 4.79 Å². The van der Waals surface area contributed by atoms with E-state index in [9.17, 15) is 4.79 Å². The van der Waals surface area contributed by atoms with Gasteiger partial charge in [-0.15, -0.1) is 0 Å². The topological polar surface area (TPSA) is 70.8 Å². The largest absolute Gasteiger partial charge is 0.356 e. The zero-order chi connectivity index (χ0) is 11.1. The second kappa shape index (κ2) is 6.73. The molecule has 1 aliphatic heterocycles. The van der Waals surface area contributed by atoms with E-state index >= 15 is 0 Å². The molecule has 0 spiro atoms. The zero-order valence-corrected chi connectivity index (χ0v) is 9.24. The van der Waals surface area contributed by atoms with Crippen molar-refractivity contribution in [2.24, 2.45) is 5.84 Å². The first kappa shape index (κ1) is 12.4. The third kappa shape index (κ3) is 5.08. The molecule has 1 aliphatic rings. The van der Waals surface area contributed by atoms with Crippen molar-refractivity contribution in [2.45, 2.75) is 12.8 Å². The number of hydrogen-bond donors (Lipinski definition) is 2. The van der Waals surface area contributed by atoms with Gasteiger partial charge < -0.3 is 14.6 Å². The fourth-order valence-corrected chi connectivity index (χ4v) is 1.69. The molecule has 1 saturated heterocycles. The van der Waals surface area contributed by atoms with Crippen molar-refractivity contribution in [3.63, 3.8) is 0 Å². The van der Waals surface area contributed by atoms with Crippen molar-refractivity contribution in [2.75, 3.05) is 39.8 Å². The first-order valence-electron chi connectivity index (χ1n) is 5.28. The van der Waals surface area contributed by atoms with Crippen molar-refractivity contribution >= 4 is 5.97 Å². The van der Waals surface area contributed by atoms with E-state index in [-0.39, 0.29) is 5.97 Å². The Morgan fingerprint density at radius 1 is 1.40 bits per heavy atom. The Hall–Kier alpha value is -0.690. The molecular weight excluding hydrogens is 196 g/mol. The van der Waals surface area contributed by atoms with Crippen molar-refractivity contribution < 1.29 is 9.63 Å². The lowest BCUT2D eigenvalue weighted by molar-refractivity contribution is -0.151. The summed E-state index contributed by atoms with van der Waals surface area (Å²) in [5, 5.41) is 0. The van der Waals surface area contributed by atoms with E-state index in [1.54, 1.807) is 0 Å². The highest BCUT2D eigenvalue weighted by Gasteiger charge is 2.13. The lowest BCUT2D eigenvalue weighted by Crippen LogP contribution is -2.33. The standard InChI is InChI=1S/C9H20N4O2/c1-12-4-2-5-13(8-7-12)6-3-9(14)15-11-10/h11H,2-8,10H2,1H3. The molecule has 1 heterocycles. The monoisotopic (exact) mass is 216 g/mol. The average molecular weight is 216 g/mol. The van der Waals surface area contributed by atoms with Gasteiger partial charge in [-0.2, -0.15) is 0 Å².